The molecule has 2 aliphatic rings. The van der Waals surface area contributed by atoms with Crippen molar-refractivity contribution in [2.45, 2.75) is 56.9 Å². The van der Waals surface area contributed by atoms with Crippen LogP contribution >= 0.6 is 0 Å². The second kappa shape index (κ2) is 8.26. The lowest BCUT2D eigenvalue weighted by atomic mass is 9.79. The van der Waals surface area contributed by atoms with Gasteiger partial charge in [0.2, 0.25) is 0 Å². The van der Waals surface area contributed by atoms with Gasteiger partial charge in [-0.25, -0.2) is 4.68 Å². The largest absolute Gasteiger partial charge is 0.350 e. The fourth-order valence-corrected chi connectivity index (χ4v) is 4.69. The van der Waals surface area contributed by atoms with E-state index in [4.69, 9.17) is 0 Å². The standard InChI is InChI=1S/C22H30N4O/c27-21(19-16-24-26(17-19)20-10-4-1-5-11-20)23-18-22(12-6-2-7-13-22)25-14-8-3-9-15-25/h1,4-5,10-11,16-17H,2-3,6-9,12-15,18H2,(H,23,27). The minimum atomic E-state index is -0.0147. The molecule has 1 amide bonds. The van der Waals surface area contributed by atoms with E-state index in [0.29, 0.717) is 5.56 Å². The topological polar surface area (TPSA) is 50.2 Å². The Balaban J connectivity index is 1.43. The summed E-state index contributed by atoms with van der Waals surface area (Å²) in [7, 11) is 0. The van der Waals surface area contributed by atoms with Gasteiger partial charge in [-0.1, -0.05) is 43.9 Å². The highest BCUT2D eigenvalue weighted by molar-refractivity contribution is 5.93. The van der Waals surface area contributed by atoms with Gasteiger partial charge >= 0.3 is 0 Å². The van der Waals surface area contributed by atoms with Crippen LogP contribution in [0.15, 0.2) is 42.7 Å². The first kappa shape index (κ1) is 18.2. The van der Waals surface area contributed by atoms with Crippen molar-refractivity contribution in [3.8, 4) is 5.69 Å². The number of hydrogen-bond donors (Lipinski definition) is 1. The Morgan fingerprint density at radius 3 is 2.44 bits per heavy atom. The van der Waals surface area contributed by atoms with Crippen LogP contribution in [0.3, 0.4) is 0 Å². The molecule has 0 unspecified atom stereocenters. The molecule has 1 saturated carbocycles. The number of rotatable bonds is 5. The van der Waals surface area contributed by atoms with Crippen molar-refractivity contribution in [1.29, 1.82) is 0 Å². The summed E-state index contributed by atoms with van der Waals surface area (Å²) in [4.78, 5) is 15.4. The SMILES string of the molecule is O=C(NCC1(N2CCCCC2)CCCCC1)c1cnn(-c2ccccc2)c1. The van der Waals surface area contributed by atoms with Crippen LogP contribution in [0.1, 0.15) is 61.7 Å². The Hall–Kier alpha value is -2.14. The fraction of sp³-hybridized carbons (Fsp3) is 0.545. The molecule has 1 aliphatic carbocycles. The van der Waals surface area contributed by atoms with Crippen LogP contribution in [0.2, 0.25) is 0 Å². The maximum atomic E-state index is 12.8. The molecule has 1 aromatic carbocycles. The van der Waals surface area contributed by atoms with Gasteiger partial charge < -0.3 is 5.32 Å². The molecule has 1 aromatic heterocycles. The van der Waals surface area contributed by atoms with E-state index in [-0.39, 0.29) is 11.4 Å². The van der Waals surface area contributed by atoms with Crippen molar-refractivity contribution in [3.05, 3.63) is 48.3 Å². The summed E-state index contributed by atoms with van der Waals surface area (Å²) in [5.74, 6) is -0.0147. The maximum absolute atomic E-state index is 12.8. The van der Waals surface area contributed by atoms with Gasteiger partial charge in [0.25, 0.3) is 5.91 Å². The second-order valence-corrected chi connectivity index (χ2v) is 8.02. The molecule has 1 saturated heterocycles. The smallest absolute Gasteiger partial charge is 0.254 e. The number of aromatic nitrogens is 2. The summed E-state index contributed by atoms with van der Waals surface area (Å²) in [5, 5.41) is 7.59. The number of likely N-dealkylation sites (tertiary alicyclic amines) is 1. The van der Waals surface area contributed by atoms with E-state index < -0.39 is 0 Å². The molecule has 0 spiro atoms. The van der Waals surface area contributed by atoms with Gasteiger partial charge in [-0.15, -0.1) is 0 Å². The van der Waals surface area contributed by atoms with Crippen LogP contribution < -0.4 is 5.32 Å². The molecule has 1 aliphatic heterocycles. The predicted octanol–water partition coefficient (Wildman–Crippen LogP) is 3.79. The first-order valence-corrected chi connectivity index (χ1v) is 10.4. The molecule has 0 bridgehead atoms. The average molecular weight is 367 g/mol. The van der Waals surface area contributed by atoms with Gasteiger partial charge in [-0.3, -0.25) is 9.69 Å². The van der Waals surface area contributed by atoms with Crippen LogP contribution in [0.5, 0.6) is 0 Å². The maximum Gasteiger partial charge on any atom is 0.254 e. The minimum Gasteiger partial charge on any atom is -0.350 e. The van der Waals surface area contributed by atoms with Gasteiger partial charge in [0.05, 0.1) is 17.4 Å². The van der Waals surface area contributed by atoms with Crippen LogP contribution in [0, 0.1) is 0 Å². The van der Waals surface area contributed by atoms with E-state index >= 15 is 0 Å². The van der Waals surface area contributed by atoms with E-state index in [1.54, 1.807) is 10.9 Å². The third-order valence-corrected chi connectivity index (χ3v) is 6.25. The first-order valence-electron chi connectivity index (χ1n) is 10.4. The monoisotopic (exact) mass is 366 g/mol. The highest BCUT2D eigenvalue weighted by Gasteiger charge is 2.38. The zero-order valence-electron chi connectivity index (χ0n) is 16.1. The first-order chi connectivity index (χ1) is 13.3. The Morgan fingerprint density at radius 2 is 1.70 bits per heavy atom. The number of piperidine rings is 1. The number of carbonyl (C=O) groups excluding carboxylic acids is 1. The number of para-hydroxylation sites is 1. The lowest BCUT2D eigenvalue weighted by molar-refractivity contribution is 0.0326. The number of nitrogens with one attached hydrogen (secondary N) is 1. The highest BCUT2D eigenvalue weighted by Crippen LogP contribution is 2.35. The van der Waals surface area contributed by atoms with Crippen molar-refractivity contribution < 1.29 is 4.79 Å². The Labute approximate surface area is 161 Å². The molecule has 5 heteroatoms. The van der Waals surface area contributed by atoms with E-state index in [1.165, 1.54) is 64.5 Å². The summed E-state index contributed by atoms with van der Waals surface area (Å²) >= 11 is 0. The Morgan fingerprint density at radius 1 is 1.00 bits per heavy atom. The fourth-order valence-electron chi connectivity index (χ4n) is 4.69. The molecular formula is C22H30N4O. The molecule has 2 fully saturated rings. The van der Waals surface area contributed by atoms with Gasteiger partial charge in [0.15, 0.2) is 0 Å². The third kappa shape index (κ3) is 4.08. The van der Waals surface area contributed by atoms with Crippen molar-refractivity contribution in [3.63, 3.8) is 0 Å². The van der Waals surface area contributed by atoms with Crippen LogP contribution in [-0.4, -0.2) is 45.8 Å². The van der Waals surface area contributed by atoms with E-state index in [1.807, 2.05) is 36.5 Å². The molecule has 144 valence electrons. The van der Waals surface area contributed by atoms with Crippen LogP contribution in [0.25, 0.3) is 5.69 Å². The summed E-state index contributed by atoms with van der Waals surface area (Å²) in [6.07, 6.45) is 13.7. The van der Waals surface area contributed by atoms with Gasteiger partial charge in [-0.2, -0.15) is 5.10 Å². The van der Waals surface area contributed by atoms with Crippen LogP contribution in [0.4, 0.5) is 0 Å². The molecule has 1 N–H and O–H groups in total. The Bertz CT molecular complexity index is 743. The summed E-state index contributed by atoms with van der Waals surface area (Å²) in [6.45, 7) is 3.12. The molecule has 2 heterocycles. The lowest BCUT2D eigenvalue weighted by Gasteiger charge is -2.48. The van der Waals surface area contributed by atoms with Crippen LogP contribution in [-0.2, 0) is 0 Å². The second-order valence-electron chi connectivity index (χ2n) is 8.02. The Kier molecular flexibility index (Phi) is 5.58. The highest BCUT2D eigenvalue weighted by atomic mass is 16.1. The summed E-state index contributed by atoms with van der Waals surface area (Å²) in [6, 6.07) is 9.90. The molecule has 4 rings (SSSR count). The average Bonchev–Trinajstić information content (AvgIpc) is 3.24. The summed E-state index contributed by atoms with van der Waals surface area (Å²) < 4.78 is 1.76. The van der Waals surface area contributed by atoms with Crippen molar-refractivity contribution in [2.24, 2.45) is 0 Å². The predicted molar refractivity (Wildman–Crippen MR) is 107 cm³/mol. The van der Waals surface area contributed by atoms with Gasteiger partial charge in [0.1, 0.15) is 0 Å². The normalized spacial score (nSPS) is 20.3. The molecule has 27 heavy (non-hydrogen) atoms. The number of carbonyl (C=O) groups is 1. The summed E-state index contributed by atoms with van der Waals surface area (Å²) in [5.41, 5.74) is 1.75. The molecule has 0 radical (unpaired) electrons. The zero-order chi connectivity index (χ0) is 18.5. The quantitative estimate of drug-likeness (QED) is 0.876. The lowest BCUT2D eigenvalue weighted by Crippen LogP contribution is -2.58. The molecule has 0 atom stereocenters. The number of nitrogens with zero attached hydrogens (tertiary/aromatic N) is 3. The third-order valence-electron chi connectivity index (χ3n) is 6.25. The number of hydrogen-bond acceptors (Lipinski definition) is 3. The van der Waals surface area contributed by atoms with E-state index in [9.17, 15) is 4.79 Å². The van der Waals surface area contributed by atoms with E-state index in [0.717, 1.165) is 12.2 Å². The molecule has 5 nitrogen and oxygen atoms in total. The zero-order valence-corrected chi connectivity index (χ0v) is 16.1. The minimum absolute atomic E-state index is 0.0147. The molecular weight excluding hydrogens is 336 g/mol. The number of amides is 1. The van der Waals surface area contributed by atoms with Gasteiger partial charge in [0, 0.05) is 18.3 Å². The van der Waals surface area contributed by atoms with Crippen molar-refractivity contribution in [2.75, 3.05) is 19.6 Å². The van der Waals surface area contributed by atoms with E-state index in [2.05, 4.69) is 15.3 Å². The van der Waals surface area contributed by atoms with Crippen molar-refractivity contribution in [1.82, 2.24) is 20.0 Å². The van der Waals surface area contributed by atoms with Gasteiger partial charge in [-0.05, 0) is 50.9 Å². The molecule has 2 aromatic rings. The van der Waals surface area contributed by atoms with Crippen molar-refractivity contribution >= 4 is 5.91 Å². The number of benzene rings is 1.